The van der Waals surface area contributed by atoms with Crippen LogP contribution >= 0.6 is 34.5 Å². The van der Waals surface area contributed by atoms with Crippen molar-refractivity contribution in [2.45, 2.75) is 17.7 Å². The van der Waals surface area contributed by atoms with E-state index in [-0.39, 0.29) is 17.6 Å². The average Bonchev–Trinajstić information content (AvgIpc) is 2.62. The van der Waals surface area contributed by atoms with Crippen LogP contribution in [0.5, 0.6) is 0 Å². The van der Waals surface area contributed by atoms with Gasteiger partial charge in [-0.1, -0.05) is 0 Å². The summed E-state index contributed by atoms with van der Waals surface area (Å²) in [6.07, 6.45) is 0.451. The number of ketones is 1. The number of halogens is 2. The Morgan fingerprint density at radius 3 is 2.69 bits per heavy atom. The molecule has 1 amide bonds. The lowest BCUT2D eigenvalue weighted by atomic mass is 10.4. The first kappa shape index (κ1) is 11.8. The lowest BCUT2D eigenvalue weighted by molar-refractivity contribution is -0.117. The van der Waals surface area contributed by atoms with Crippen molar-refractivity contribution < 1.29 is 9.59 Å². The van der Waals surface area contributed by atoms with Crippen molar-refractivity contribution in [3.63, 3.8) is 0 Å². The normalized spacial score (nSPS) is 21.6. The van der Waals surface area contributed by atoms with Crippen LogP contribution in [0.1, 0.15) is 23.8 Å². The Morgan fingerprint density at radius 1 is 1.62 bits per heavy atom. The maximum atomic E-state index is 11.6. The molecule has 1 aromatic rings. The molecule has 1 N–H and O–H groups in total. The molecule has 16 heavy (non-hydrogen) atoms. The molecule has 0 bridgehead atoms. The summed E-state index contributed by atoms with van der Waals surface area (Å²) in [6, 6.07) is 0. The molecular weight excluding hydrogens is 271 g/mol. The molecule has 1 heterocycles. The Labute approximate surface area is 106 Å². The van der Waals surface area contributed by atoms with Crippen molar-refractivity contribution in [2.75, 3.05) is 5.32 Å². The molecule has 0 aliphatic heterocycles. The van der Waals surface area contributed by atoms with Crippen molar-refractivity contribution in [3.8, 4) is 0 Å². The van der Waals surface area contributed by atoms with Gasteiger partial charge in [-0.15, -0.1) is 34.5 Å². The minimum Gasteiger partial charge on any atom is -0.302 e. The molecular formula is C9H8Cl2N2O2S. The summed E-state index contributed by atoms with van der Waals surface area (Å²) >= 11 is 12.7. The largest absolute Gasteiger partial charge is 0.302 e. The van der Waals surface area contributed by atoms with E-state index in [1.807, 2.05) is 0 Å². The highest BCUT2D eigenvalue weighted by Crippen LogP contribution is 2.53. The summed E-state index contributed by atoms with van der Waals surface area (Å²) in [7, 11) is 0. The van der Waals surface area contributed by atoms with Crippen molar-refractivity contribution in [2.24, 2.45) is 5.92 Å². The Morgan fingerprint density at radius 2 is 2.25 bits per heavy atom. The van der Waals surface area contributed by atoms with Crippen molar-refractivity contribution in [3.05, 3.63) is 11.1 Å². The Hall–Kier alpha value is -0.650. The Kier molecular flexibility index (Phi) is 2.94. The van der Waals surface area contributed by atoms with Crippen molar-refractivity contribution >= 4 is 51.4 Å². The molecule has 1 fully saturated rings. The van der Waals surface area contributed by atoms with Gasteiger partial charge in [-0.05, 0) is 6.42 Å². The third kappa shape index (κ3) is 2.36. The minimum atomic E-state index is -0.940. The highest BCUT2D eigenvalue weighted by atomic mass is 35.5. The number of carbonyl (C=O) groups is 2. The van der Waals surface area contributed by atoms with E-state index in [4.69, 9.17) is 23.2 Å². The van der Waals surface area contributed by atoms with Crippen LogP contribution in [0.25, 0.3) is 0 Å². The quantitative estimate of drug-likeness (QED) is 0.683. The van der Waals surface area contributed by atoms with Crippen LogP contribution in [-0.4, -0.2) is 21.0 Å². The van der Waals surface area contributed by atoms with Crippen LogP contribution in [0.2, 0.25) is 0 Å². The van der Waals surface area contributed by atoms with Gasteiger partial charge in [-0.25, -0.2) is 4.98 Å². The Bertz CT molecular complexity index is 458. The molecule has 7 heteroatoms. The average molecular weight is 279 g/mol. The zero-order valence-corrected chi connectivity index (χ0v) is 10.6. The summed E-state index contributed by atoms with van der Waals surface area (Å²) in [4.78, 5) is 26.5. The van der Waals surface area contributed by atoms with Crippen LogP contribution in [0.4, 0.5) is 5.13 Å². The zero-order chi connectivity index (χ0) is 11.9. The van der Waals surface area contributed by atoms with Crippen molar-refractivity contribution in [1.82, 2.24) is 4.98 Å². The number of nitrogens with zero attached hydrogens (tertiary/aromatic N) is 1. The van der Waals surface area contributed by atoms with E-state index in [2.05, 4.69) is 10.3 Å². The highest BCUT2D eigenvalue weighted by molar-refractivity contribution is 7.14. The smallest absolute Gasteiger partial charge is 0.232 e. The predicted molar refractivity (Wildman–Crippen MR) is 63.3 cm³/mol. The van der Waals surface area contributed by atoms with Gasteiger partial charge in [0, 0.05) is 12.3 Å². The second kappa shape index (κ2) is 3.98. The molecule has 1 saturated carbocycles. The molecule has 1 aromatic heterocycles. The van der Waals surface area contributed by atoms with Crippen molar-refractivity contribution in [1.29, 1.82) is 0 Å². The number of alkyl halides is 2. The van der Waals surface area contributed by atoms with E-state index in [0.717, 1.165) is 0 Å². The van der Waals surface area contributed by atoms with Crippen LogP contribution in [0, 0.1) is 5.92 Å². The third-order valence-corrected chi connectivity index (χ3v) is 3.83. The van der Waals surface area contributed by atoms with E-state index >= 15 is 0 Å². The third-order valence-electron chi connectivity index (χ3n) is 2.24. The molecule has 1 unspecified atom stereocenters. The van der Waals surface area contributed by atoms with E-state index in [9.17, 15) is 9.59 Å². The number of rotatable bonds is 3. The molecule has 0 radical (unpaired) electrons. The zero-order valence-electron chi connectivity index (χ0n) is 8.29. The topological polar surface area (TPSA) is 59.1 Å². The number of amides is 1. The van der Waals surface area contributed by atoms with Gasteiger partial charge in [0.25, 0.3) is 0 Å². The van der Waals surface area contributed by atoms with E-state index < -0.39 is 4.33 Å². The molecule has 0 aromatic carbocycles. The first-order valence-corrected chi connectivity index (χ1v) is 6.19. The summed E-state index contributed by atoms with van der Waals surface area (Å²) in [5.41, 5.74) is 0.346. The second-order valence-electron chi connectivity index (χ2n) is 3.60. The molecule has 86 valence electrons. The van der Waals surface area contributed by atoms with Gasteiger partial charge in [-0.2, -0.15) is 0 Å². The number of anilines is 1. The number of hydrogen-bond donors (Lipinski definition) is 1. The van der Waals surface area contributed by atoms with Gasteiger partial charge in [0.15, 0.2) is 10.9 Å². The summed E-state index contributed by atoms with van der Waals surface area (Å²) < 4.78 is -0.940. The van der Waals surface area contributed by atoms with Gasteiger partial charge in [-0.3, -0.25) is 9.59 Å². The van der Waals surface area contributed by atoms with E-state index in [1.54, 1.807) is 5.38 Å². The lowest BCUT2D eigenvalue weighted by Crippen LogP contribution is -2.16. The van der Waals surface area contributed by atoms with Gasteiger partial charge < -0.3 is 5.32 Å². The SMILES string of the molecule is CC(=O)c1csc(NC(=O)C2CC2(Cl)Cl)n1. The highest BCUT2D eigenvalue weighted by Gasteiger charge is 2.56. The molecule has 0 saturated heterocycles. The van der Waals surface area contributed by atoms with E-state index in [0.29, 0.717) is 17.2 Å². The van der Waals surface area contributed by atoms with Crippen LogP contribution < -0.4 is 5.32 Å². The van der Waals surface area contributed by atoms with Gasteiger partial charge in [0.1, 0.15) is 10.0 Å². The number of hydrogen-bond acceptors (Lipinski definition) is 4. The molecule has 2 rings (SSSR count). The maximum Gasteiger partial charge on any atom is 0.232 e. The van der Waals surface area contributed by atoms with Crippen LogP contribution in [0.3, 0.4) is 0 Å². The standard InChI is InChI=1S/C9H8Cl2N2O2S/c1-4(14)6-3-16-8(12-6)13-7(15)5-2-9(5,10)11/h3,5H,2H2,1H3,(H,12,13,15). The lowest BCUT2D eigenvalue weighted by Gasteiger charge is -2.00. The van der Waals surface area contributed by atoms with Crippen LogP contribution in [-0.2, 0) is 4.79 Å². The number of thiazole rings is 1. The van der Waals surface area contributed by atoms with Gasteiger partial charge in [0.05, 0.1) is 5.92 Å². The minimum absolute atomic E-state index is 0.132. The predicted octanol–water partition coefficient (Wildman–Crippen LogP) is 2.48. The molecule has 1 aliphatic rings. The first-order valence-electron chi connectivity index (χ1n) is 4.55. The fraction of sp³-hybridized carbons (Fsp3) is 0.444. The van der Waals surface area contributed by atoms with Gasteiger partial charge in [0.2, 0.25) is 5.91 Å². The summed E-state index contributed by atoms with van der Waals surface area (Å²) in [5, 5.41) is 4.57. The monoisotopic (exact) mass is 278 g/mol. The fourth-order valence-electron chi connectivity index (χ4n) is 1.18. The van der Waals surface area contributed by atoms with Gasteiger partial charge >= 0.3 is 0 Å². The number of carbonyl (C=O) groups excluding carboxylic acids is 2. The van der Waals surface area contributed by atoms with E-state index in [1.165, 1.54) is 18.3 Å². The molecule has 1 atom stereocenters. The summed E-state index contributed by atoms with van der Waals surface area (Å²) in [5.74, 6) is -0.776. The molecule has 0 spiro atoms. The number of aromatic nitrogens is 1. The number of Topliss-reactive ketones (excluding diaryl/α,β-unsaturated/α-hetero) is 1. The maximum absolute atomic E-state index is 11.6. The molecule has 4 nitrogen and oxygen atoms in total. The second-order valence-corrected chi connectivity index (χ2v) is 6.00. The fourth-order valence-corrected chi connectivity index (χ4v) is 2.44. The molecule has 1 aliphatic carbocycles. The Balaban J connectivity index is 1.99. The first-order chi connectivity index (χ1) is 7.40. The van der Waals surface area contributed by atoms with Crippen LogP contribution in [0.15, 0.2) is 5.38 Å². The summed E-state index contributed by atoms with van der Waals surface area (Å²) in [6.45, 7) is 1.42. The number of nitrogens with one attached hydrogen (secondary N) is 1.